The molecule has 0 radical (unpaired) electrons. The second-order valence-corrected chi connectivity index (χ2v) is 4.33. The van der Waals surface area contributed by atoms with E-state index in [0.29, 0.717) is 6.54 Å². The zero-order valence-corrected chi connectivity index (χ0v) is 10.8. The molecule has 0 aromatic heterocycles. The Hall–Kier alpha value is -2.02. The fourth-order valence-corrected chi connectivity index (χ4v) is 1.45. The summed E-state index contributed by atoms with van der Waals surface area (Å²) in [4.78, 5) is 21.7. The quantitative estimate of drug-likeness (QED) is 0.611. The van der Waals surface area contributed by atoms with Gasteiger partial charge in [0.05, 0.1) is 4.92 Å². The lowest BCUT2D eigenvalue weighted by Gasteiger charge is -2.08. The minimum absolute atomic E-state index is 0.125. The van der Waals surface area contributed by atoms with Crippen molar-refractivity contribution in [1.82, 2.24) is 5.32 Å². The molecule has 0 fully saturated rings. The SMILES string of the molecule is CC(C)NCCC(=O)Nc1cc(F)ccc1[N+](=O)[O-]. The fraction of sp³-hybridized carbons (Fsp3) is 0.417. The Morgan fingerprint density at radius 2 is 2.16 bits per heavy atom. The first-order chi connectivity index (χ1) is 8.90. The van der Waals surface area contributed by atoms with Crippen LogP contribution in [0.5, 0.6) is 0 Å². The molecular weight excluding hydrogens is 253 g/mol. The minimum Gasteiger partial charge on any atom is -0.320 e. The van der Waals surface area contributed by atoms with Crippen molar-refractivity contribution in [3.63, 3.8) is 0 Å². The lowest BCUT2D eigenvalue weighted by Crippen LogP contribution is -2.27. The molecule has 1 rings (SSSR count). The highest BCUT2D eigenvalue weighted by Gasteiger charge is 2.16. The van der Waals surface area contributed by atoms with Gasteiger partial charge < -0.3 is 10.6 Å². The van der Waals surface area contributed by atoms with Crippen molar-refractivity contribution < 1.29 is 14.1 Å². The number of hydrogen-bond donors (Lipinski definition) is 2. The molecule has 2 N–H and O–H groups in total. The van der Waals surface area contributed by atoms with Gasteiger partial charge in [0.25, 0.3) is 5.69 Å². The zero-order valence-electron chi connectivity index (χ0n) is 10.8. The second kappa shape index (κ2) is 6.79. The van der Waals surface area contributed by atoms with Crippen LogP contribution in [0.2, 0.25) is 0 Å². The first-order valence-corrected chi connectivity index (χ1v) is 5.87. The molecule has 0 unspecified atom stereocenters. The van der Waals surface area contributed by atoms with Crippen molar-refractivity contribution in [3.05, 3.63) is 34.1 Å². The lowest BCUT2D eigenvalue weighted by atomic mass is 10.2. The normalized spacial score (nSPS) is 10.5. The second-order valence-electron chi connectivity index (χ2n) is 4.33. The molecule has 0 aliphatic carbocycles. The van der Waals surface area contributed by atoms with E-state index in [0.717, 1.165) is 18.2 Å². The predicted octanol–water partition coefficient (Wildman–Crippen LogP) is 2.06. The number of nitro groups is 1. The summed E-state index contributed by atoms with van der Waals surface area (Å²) in [5.41, 5.74) is -0.453. The van der Waals surface area contributed by atoms with Crippen LogP contribution in [0, 0.1) is 15.9 Å². The third-order valence-electron chi connectivity index (χ3n) is 2.33. The average molecular weight is 269 g/mol. The maximum atomic E-state index is 13.0. The van der Waals surface area contributed by atoms with Gasteiger partial charge in [0.15, 0.2) is 0 Å². The first kappa shape index (κ1) is 15.0. The molecule has 104 valence electrons. The smallest absolute Gasteiger partial charge is 0.292 e. The molecule has 0 heterocycles. The summed E-state index contributed by atoms with van der Waals surface area (Å²) in [6, 6.07) is 3.19. The van der Waals surface area contributed by atoms with Gasteiger partial charge in [-0.2, -0.15) is 0 Å². The molecule has 0 saturated carbocycles. The van der Waals surface area contributed by atoms with E-state index in [1.165, 1.54) is 0 Å². The van der Waals surface area contributed by atoms with Gasteiger partial charge in [0.2, 0.25) is 5.91 Å². The van der Waals surface area contributed by atoms with E-state index in [1.54, 1.807) is 0 Å². The van der Waals surface area contributed by atoms with E-state index in [4.69, 9.17) is 0 Å². The Bertz CT molecular complexity index is 477. The number of carbonyl (C=O) groups excluding carboxylic acids is 1. The number of nitrogens with one attached hydrogen (secondary N) is 2. The molecule has 1 aromatic carbocycles. The van der Waals surface area contributed by atoms with Crippen molar-refractivity contribution in [1.29, 1.82) is 0 Å². The number of amides is 1. The third kappa shape index (κ3) is 5.01. The van der Waals surface area contributed by atoms with E-state index in [-0.39, 0.29) is 23.8 Å². The highest BCUT2D eigenvalue weighted by atomic mass is 19.1. The van der Waals surface area contributed by atoms with E-state index in [2.05, 4.69) is 10.6 Å². The number of rotatable bonds is 6. The molecule has 7 heteroatoms. The van der Waals surface area contributed by atoms with Gasteiger partial charge in [-0.3, -0.25) is 14.9 Å². The summed E-state index contributed by atoms with van der Waals surface area (Å²) in [6.45, 7) is 4.33. The molecule has 0 spiro atoms. The molecule has 1 aromatic rings. The van der Waals surface area contributed by atoms with Crippen LogP contribution in [-0.4, -0.2) is 23.4 Å². The lowest BCUT2D eigenvalue weighted by molar-refractivity contribution is -0.384. The van der Waals surface area contributed by atoms with Gasteiger partial charge in [0, 0.05) is 31.1 Å². The molecular formula is C12H16FN3O3. The molecule has 0 saturated heterocycles. The van der Waals surface area contributed by atoms with Crippen LogP contribution >= 0.6 is 0 Å². The van der Waals surface area contributed by atoms with E-state index >= 15 is 0 Å². The van der Waals surface area contributed by atoms with Gasteiger partial charge in [-0.1, -0.05) is 13.8 Å². The van der Waals surface area contributed by atoms with Crippen molar-refractivity contribution in [2.45, 2.75) is 26.3 Å². The van der Waals surface area contributed by atoms with Gasteiger partial charge in [-0.15, -0.1) is 0 Å². The molecule has 0 aliphatic heterocycles. The van der Waals surface area contributed by atoms with Crippen molar-refractivity contribution in [2.75, 3.05) is 11.9 Å². The van der Waals surface area contributed by atoms with E-state index in [1.807, 2.05) is 13.8 Å². The van der Waals surface area contributed by atoms with Crippen LogP contribution < -0.4 is 10.6 Å². The standard InChI is InChI=1S/C12H16FN3O3/c1-8(2)14-6-5-12(17)15-10-7-9(13)3-4-11(10)16(18)19/h3-4,7-8,14H,5-6H2,1-2H3,(H,15,17). The van der Waals surface area contributed by atoms with Crippen LogP contribution in [0.3, 0.4) is 0 Å². The van der Waals surface area contributed by atoms with Crippen LogP contribution in [0.4, 0.5) is 15.8 Å². The van der Waals surface area contributed by atoms with Crippen molar-refractivity contribution in [3.8, 4) is 0 Å². The van der Waals surface area contributed by atoms with Crippen molar-refractivity contribution >= 4 is 17.3 Å². The molecule has 0 aliphatic rings. The number of hydrogen-bond acceptors (Lipinski definition) is 4. The molecule has 1 amide bonds. The number of anilines is 1. The average Bonchev–Trinajstić information content (AvgIpc) is 2.27. The highest BCUT2D eigenvalue weighted by molar-refractivity contribution is 5.93. The number of carbonyl (C=O) groups is 1. The fourth-order valence-electron chi connectivity index (χ4n) is 1.45. The topological polar surface area (TPSA) is 84.3 Å². The Labute approximate surface area is 110 Å². The summed E-state index contributed by atoms with van der Waals surface area (Å²) in [5.74, 6) is -1.04. The van der Waals surface area contributed by atoms with Crippen LogP contribution in [-0.2, 0) is 4.79 Å². The minimum atomic E-state index is -0.665. The summed E-state index contributed by atoms with van der Waals surface area (Å²) in [7, 11) is 0. The van der Waals surface area contributed by atoms with Crippen LogP contribution in [0.25, 0.3) is 0 Å². The Morgan fingerprint density at radius 3 is 2.74 bits per heavy atom. The van der Waals surface area contributed by atoms with Gasteiger partial charge >= 0.3 is 0 Å². The summed E-state index contributed by atoms with van der Waals surface area (Å²) < 4.78 is 13.0. The maximum Gasteiger partial charge on any atom is 0.292 e. The Morgan fingerprint density at radius 1 is 1.47 bits per heavy atom. The van der Waals surface area contributed by atoms with Crippen LogP contribution in [0.15, 0.2) is 18.2 Å². The van der Waals surface area contributed by atoms with E-state index < -0.39 is 16.6 Å². The Kier molecular flexibility index (Phi) is 5.37. The third-order valence-corrected chi connectivity index (χ3v) is 2.33. The molecule has 0 bridgehead atoms. The molecule has 6 nitrogen and oxygen atoms in total. The highest BCUT2D eigenvalue weighted by Crippen LogP contribution is 2.24. The maximum absolute atomic E-state index is 13.0. The Balaban J connectivity index is 2.67. The van der Waals surface area contributed by atoms with Gasteiger partial charge in [0.1, 0.15) is 11.5 Å². The molecule has 19 heavy (non-hydrogen) atoms. The largest absolute Gasteiger partial charge is 0.320 e. The monoisotopic (exact) mass is 269 g/mol. The zero-order chi connectivity index (χ0) is 14.4. The number of nitro benzene ring substituents is 1. The number of benzene rings is 1. The summed E-state index contributed by atoms with van der Waals surface area (Å²) in [6.07, 6.45) is 0.159. The summed E-state index contributed by atoms with van der Waals surface area (Å²) in [5, 5.41) is 16.1. The van der Waals surface area contributed by atoms with Gasteiger partial charge in [-0.25, -0.2) is 4.39 Å². The van der Waals surface area contributed by atoms with E-state index in [9.17, 15) is 19.3 Å². The van der Waals surface area contributed by atoms with Crippen molar-refractivity contribution in [2.24, 2.45) is 0 Å². The molecule has 0 atom stereocenters. The first-order valence-electron chi connectivity index (χ1n) is 5.87. The van der Waals surface area contributed by atoms with Gasteiger partial charge in [-0.05, 0) is 6.07 Å². The number of halogens is 1. The summed E-state index contributed by atoms with van der Waals surface area (Å²) >= 11 is 0. The van der Waals surface area contributed by atoms with Crippen LogP contribution in [0.1, 0.15) is 20.3 Å². The predicted molar refractivity (Wildman–Crippen MR) is 69.4 cm³/mol. The number of nitrogens with zero attached hydrogens (tertiary/aromatic N) is 1.